The molecule has 3 aromatic heterocycles. The van der Waals surface area contributed by atoms with E-state index in [-0.39, 0.29) is 5.56 Å². The van der Waals surface area contributed by atoms with Crippen LogP contribution in [-0.2, 0) is 0 Å². The Labute approximate surface area is 172 Å². The summed E-state index contributed by atoms with van der Waals surface area (Å²) in [5.74, 6) is 2.24. The number of aryl methyl sites for hydroxylation is 1. The van der Waals surface area contributed by atoms with Crippen molar-refractivity contribution >= 4 is 23.3 Å². The number of hydrogen-bond donors (Lipinski definition) is 2. The van der Waals surface area contributed by atoms with Crippen LogP contribution in [0.25, 0.3) is 5.69 Å². The first-order valence-electron chi connectivity index (χ1n) is 10.0. The van der Waals surface area contributed by atoms with Gasteiger partial charge in [0.15, 0.2) is 0 Å². The molecule has 0 aromatic carbocycles. The predicted octanol–water partition coefficient (Wildman–Crippen LogP) is 3.11. The third-order valence-corrected chi connectivity index (χ3v) is 6.39. The topological polar surface area (TPSA) is 97.6 Å². The Hall–Kier alpha value is -2.81. The Balaban J connectivity index is 1.18. The van der Waals surface area contributed by atoms with Crippen LogP contribution in [0.5, 0.6) is 0 Å². The Morgan fingerprint density at radius 1 is 1.10 bits per heavy atom. The number of pyridine rings is 1. The van der Waals surface area contributed by atoms with Crippen molar-refractivity contribution in [1.82, 2.24) is 24.1 Å². The minimum absolute atomic E-state index is 0.125. The second-order valence-corrected chi connectivity index (χ2v) is 8.64. The summed E-state index contributed by atoms with van der Waals surface area (Å²) in [6, 6.07) is 6.21. The lowest BCUT2D eigenvalue weighted by molar-refractivity contribution is 0.717. The second kappa shape index (κ2) is 7.55. The van der Waals surface area contributed by atoms with E-state index in [1.807, 2.05) is 12.1 Å². The quantitative estimate of drug-likeness (QED) is 0.645. The number of hydrogen-bond acceptors (Lipinski definition) is 8. The van der Waals surface area contributed by atoms with Crippen LogP contribution in [0.15, 0.2) is 35.4 Å². The number of anilines is 2. The average Bonchev–Trinajstić information content (AvgIpc) is 3.32. The van der Waals surface area contributed by atoms with E-state index in [4.69, 9.17) is 0 Å². The first kappa shape index (κ1) is 18.2. The molecule has 2 fully saturated rings. The summed E-state index contributed by atoms with van der Waals surface area (Å²) < 4.78 is 5.83. The van der Waals surface area contributed by atoms with E-state index >= 15 is 0 Å². The van der Waals surface area contributed by atoms with Crippen LogP contribution in [-0.4, -0.2) is 36.2 Å². The molecule has 3 heterocycles. The Bertz CT molecular complexity index is 1060. The molecule has 3 aromatic rings. The normalized spacial score (nSPS) is 21.3. The molecule has 2 aliphatic rings. The van der Waals surface area contributed by atoms with Gasteiger partial charge >= 0.3 is 0 Å². The molecule has 5 rings (SSSR count). The molecule has 0 unspecified atom stereocenters. The predicted molar refractivity (Wildman–Crippen MR) is 113 cm³/mol. The van der Waals surface area contributed by atoms with Crippen molar-refractivity contribution in [2.75, 3.05) is 10.6 Å². The minimum Gasteiger partial charge on any atom is -0.367 e. The van der Waals surface area contributed by atoms with E-state index in [0.29, 0.717) is 29.3 Å². The first-order valence-corrected chi connectivity index (χ1v) is 10.8. The zero-order valence-electron chi connectivity index (χ0n) is 16.2. The van der Waals surface area contributed by atoms with E-state index in [2.05, 4.69) is 30.1 Å². The lowest BCUT2D eigenvalue weighted by Crippen LogP contribution is -2.23. The fourth-order valence-corrected chi connectivity index (χ4v) is 4.49. The molecule has 2 saturated carbocycles. The van der Waals surface area contributed by atoms with Crippen molar-refractivity contribution in [3.05, 3.63) is 51.5 Å². The van der Waals surface area contributed by atoms with Crippen molar-refractivity contribution in [1.29, 1.82) is 0 Å². The minimum atomic E-state index is -0.125. The van der Waals surface area contributed by atoms with Gasteiger partial charge in [-0.25, -0.2) is 9.97 Å². The fraction of sp³-hybridized carbons (Fsp3) is 0.450. The van der Waals surface area contributed by atoms with Crippen LogP contribution in [0, 0.1) is 6.92 Å². The van der Waals surface area contributed by atoms with Gasteiger partial charge in [0.05, 0.1) is 11.9 Å². The molecule has 29 heavy (non-hydrogen) atoms. The highest BCUT2D eigenvalue weighted by Crippen LogP contribution is 2.41. The number of rotatable bonds is 6. The van der Waals surface area contributed by atoms with Gasteiger partial charge in [0.1, 0.15) is 10.8 Å². The molecule has 0 amide bonds. The van der Waals surface area contributed by atoms with Gasteiger partial charge in [-0.3, -0.25) is 4.79 Å². The maximum Gasteiger partial charge on any atom is 0.274 e. The van der Waals surface area contributed by atoms with Gasteiger partial charge in [0, 0.05) is 29.8 Å². The van der Waals surface area contributed by atoms with E-state index in [9.17, 15) is 4.79 Å². The third kappa shape index (κ3) is 4.00. The molecule has 0 spiro atoms. The molecule has 0 radical (unpaired) electrons. The molecule has 0 aliphatic heterocycles. The lowest BCUT2D eigenvalue weighted by Gasteiger charge is -2.15. The fourth-order valence-electron chi connectivity index (χ4n) is 3.71. The van der Waals surface area contributed by atoms with Gasteiger partial charge in [-0.15, -0.1) is 0 Å². The van der Waals surface area contributed by atoms with Crippen molar-refractivity contribution < 1.29 is 0 Å². The van der Waals surface area contributed by atoms with Gasteiger partial charge in [-0.05, 0) is 68.8 Å². The van der Waals surface area contributed by atoms with Crippen molar-refractivity contribution in [2.24, 2.45) is 0 Å². The second-order valence-electron chi connectivity index (χ2n) is 7.86. The summed E-state index contributed by atoms with van der Waals surface area (Å²) in [6.45, 7) is 1.78. The zero-order chi connectivity index (χ0) is 19.8. The molecule has 0 saturated heterocycles. The Morgan fingerprint density at radius 2 is 1.93 bits per heavy atom. The summed E-state index contributed by atoms with van der Waals surface area (Å²) in [7, 11) is 0. The van der Waals surface area contributed by atoms with Crippen molar-refractivity contribution in [3.8, 4) is 5.69 Å². The molecular formula is C20H23N7OS. The summed E-state index contributed by atoms with van der Waals surface area (Å²) in [5.41, 5.74) is 1.20. The zero-order valence-corrected chi connectivity index (χ0v) is 17.0. The number of nitrogens with zero attached hydrogens (tertiary/aromatic N) is 5. The van der Waals surface area contributed by atoms with E-state index in [1.165, 1.54) is 34.1 Å². The van der Waals surface area contributed by atoms with E-state index in [0.717, 1.165) is 31.0 Å². The molecule has 9 heteroatoms. The van der Waals surface area contributed by atoms with Crippen LogP contribution in [0.4, 0.5) is 11.8 Å². The SMILES string of the molecule is Cc1ccnn(-c2ccc(N[C@H]3CC[C@H](Nc4nsc(C5CC5)n4)C3)nc2)c1=O. The summed E-state index contributed by atoms with van der Waals surface area (Å²) in [5, 5.41) is 12.3. The molecule has 2 aliphatic carbocycles. The summed E-state index contributed by atoms with van der Waals surface area (Å²) in [4.78, 5) is 21.3. The smallest absolute Gasteiger partial charge is 0.274 e. The number of aromatic nitrogens is 5. The first-order chi connectivity index (χ1) is 14.2. The van der Waals surface area contributed by atoms with Gasteiger partial charge in [0.25, 0.3) is 5.56 Å². The van der Waals surface area contributed by atoms with Gasteiger partial charge < -0.3 is 10.6 Å². The van der Waals surface area contributed by atoms with Gasteiger partial charge in [-0.1, -0.05) is 0 Å². The van der Waals surface area contributed by atoms with Crippen LogP contribution >= 0.6 is 11.5 Å². The summed E-state index contributed by atoms with van der Waals surface area (Å²) >= 11 is 1.53. The highest BCUT2D eigenvalue weighted by Gasteiger charge is 2.29. The van der Waals surface area contributed by atoms with Crippen LogP contribution < -0.4 is 16.2 Å². The Kier molecular flexibility index (Phi) is 4.75. The lowest BCUT2D eigenvalue weighted by atomic mass is 10.2. The highest BCUT2D eigenvalue weighted by atomic mass is 32.1. The average molecular weight is 410 g/mol. The van der Waals surface area contributed by atoms with E-state index in [1.54, 1.807) is 25.4 Å². The maximum atomic E-state index is 12.2. The molecule has 150 valence electrons. The van der Waals surface area contributed by atoms with Crippen LogP contribution in [0.2, 0.25) is 0 Å². The van der Waals surface area contributed by atoms with Gasteiger partial charge in [0.2, 0.25) is 5.95 Å². The summed E-state index contributed by atoms with van der Waals surface area (Å²) in [6.07, 6.45) is 8.96. The van der Waals surface area contributed by atoms with Crippen LogP contribution in [0.1, 0.15) is 48.6 Å². The largest absolute Gasteiger partial charge is 0.367 e. The molecule has 2 N–H and O–H groups in total. The Morgan fingerprint density at radius 3 is 2.69 bits per heavy atom. The van der Waals surface area contributed by atoms with E-state index < -0.39 is 0 Å². The monoisotopic (exact) mass is 409 g/mol. The maximum absolute atomic E-state index is 12.2. The molecular weight excluding hydrogens is 386 g/mol. The molecule has 0 bridgehead atoms. The van der Waals surface area contributed by atoms with Crippen molar-refractivity contribution in [3.63, 3.8) is 0 Å². The van der Waals surface area contributed by atoms with Crippen LogP contribution in [0.3, 0.4) is 0 Å². The van der Waals surface area contributed by atoms with Gasteiger partial charge in [-0.2, -0.15) is 14.2 Å². The molecule has 2 atom stereocenters. The standard InChI is InChI=1S/C20H23N7OS/c1-12-8-9-22-27(19(12)28)16-6-7-17(21-11-16)23-14-4-5-15(10-14)24-20-25-18(29-26-20)13-2-3-13/h6-9,11,13-15H,2-5,10H2,1H3,(H,21,23)(H,24,26)/t14-,15-/m0/s1. The highest BCUT2D eigenvalue weighted by molar-refractivity contribution is 7.05. The third-order valence-electron chi connectivity index (χ3n) is 5.52. The molecule has 8 nitrogen and oxygen atoms in total. The number of nitrogens with one attached hydrogen (secondary N) is 2. The van der Waals surface area contributed by atoms with Crippen molar-refractivity contribution in [2.45, 2.75) is 57.0 Å².